The Labute approximate surface area is 124 Å². The molecule has 3 aromatic rings. The van der Waals surface area contributed by atoms with E-state index in [2.05, 4.69) is 4.98 Å². The normalized spacial score (nSPS) is 12.0. The second kappa shape index (κ2) is 5.01. The smallest absolute Gasteiger partial charge is 0.406 e. The average Bonchev–Trinajstić information content (AvgIpc) is 2.83. The number of aromatic nitrogens is 3. The van der Waals surface area contributed by atoms with Gasteiger partial charge < -0.3 is 9.77 Å². The van der Waals surface area contributed by atoms with Gasteiger partial charge in [0.05, 0.1) is 22.9 Å². The van der Waals surface area contributed by atoms with E-state index in [9.17, 15) is 18.4 Å². The molecule has 0 aliphatic carbocycles. The van der Waals surface area contributed by atoms with Crippen molar-refractivity contribution in [2.45, 2.75) is 19.6 Å². The Bertz CT molecular complexity index is 840. The van der Waals surface area contributed by atoms with E-state index in [0.717, 1.165) is 10.1 Å². The first-order valence-electron chi connectivity index (χ1n) is 6.55. The van der Waals surface area contributed by atoms with E-state index in [1.54, 1.807) is 24.3 Å². The fraction of sp³-hybridized carbons (Fsp3) is 0.200. The molecule has 22 heavy (non-hydrogen) atoms. The minimum atomic E-state index is -4.32. The third kappa shape index (κ3) is 2.61. The zero-order valence-electron chi connectivity index (χ0n) is 11.6. The van der Waals surface area contributed by atoms with Crippen molar-refractivity contribution >= 4 is 11.0 Å². The number of imidazole rings is 1. The third-order valence-electron chi connectivity index (χ3n) is 3.44. The molecular weight excluding hydrogens is 295 g/mol. The van der Waals surface area contributed by atoms with Crippen molar-refractivity contribution in [2.24, 2.45) is 0 Å². The van der Waals surface area contributed by atoms with Crippen LogP contribution in [0.4, 0.5) is 13.2 Å². The number of rotatable bonds is 2. The Morgan fingerprint density at radius 2 is 2.00 bits per heavy atom. The average molecular weight is 307 g/mol. The van der Waals surface area contributed by atoms with E-state index in [1.165, 1.54) is 18.7 Å². The van der Waals surface area contributed by atoms with Gasteiger partial charge in [-0.3, -0.25) is 0 Å². The number of para-hydroxylation sites is 1. The van der Waals surface area contributed by atoms with Crippen LogP contribution in [0.5, 0.6) is 0 Å². The number of pyridine rings is 1. The van der Waals surface area contributed by atoms with E-state index in [0.29, 0.717) is 26.9 Å². The summed E-state index contributed by atoms with van der Waals surface area (Å²) >= 11 is 0. The maximum Gasteiger partial charge on any atom is 0.406 e. The standard InChI is InChI=1S/C15H12F3N3O/c1-10-5-6-21(22)7-12(10)11-3-2-4-13-14(11)19-9-20(13)8-15(16,17)18/h2-7,9H,8H2,1H3. The molecule has 0 aliphatic heterocycles. The predicted octanol–water partition coefficient (Wildman–Crippen LogP) is 3.21. The van der Waals surface area contributed by atoms with E-state index < -0.39 is 12.7 Å². The van der Waals surface area contributed by atoms with Crippen molar-refractivity contribution in [3.8, 4) is 11.1 Å². The van der Waals surface area contributed by atoms with Gasteiger partial charge in [0.2, 0.25) is 0 Å². The lowest BCUT2D eigenvalue weighted by molar-refractivity contribution is -0.604. The first-order valence-corrected chi connectivity index (χ1v) is 6.55. The third-order valence-corrected chi connectivity index (χ3v) is 3.44. The highest BCUT2D eigenvalue weighted by molar-refractivity contribution is 5.92. The summed E-state index contributed by atoms with van der Waals surface area (Å²) in [7, 11) is 0. The summed E-state index contributed by atoms with van der Waals surface area (Å²) in [5.74, 6) is 0. The SMILES string of the molecule is Cc1cc[n+]([O-])cc1-c1cccc2c1ncn2CC(F)(F)F. The van der Waals surface area contributed by atoms with E-state index in [1.807, 2.05) is 6.92 Å². The lowest BCUT2D eigenvalue weighted by Crippen LogP contribution is -2.24. The molecule has 3 rings (SSSR count). The van der Waals surface area contributed by atoms with Crippen LogP contribution in [0.15, 0.2) is 43.0 Å². The number of nitrogens with zero attached hydrogens (tertiary/aromatic N) is 3. The second-order valence-corrected chi connectivity index (χ2v) is 5.06. The van der Waals surface area contributed by atoms with Crippen LogP contribution in [0.1, 0.15) is 5.56 Å². The van der Waals surface area contributed by atoms with Gasteiger partial charge in [0, 0.05) is 11.6 Å². The predicted molar refractivity (Wildman–Crippen MR) is 74.9 cm³/mol. The van der Waals surface area contributed by atoms with Crippen LogP contribution in [-0.4, -0.2) is 15.7 Å². The summed E-state index contributed by atoms with van der Waals surface area (Å²) in [4.78, 5) is 4.10. The topological polar surface area (TPSA) is 44.8 Å². The largest absolute Gasteiger partial charge is 0.619 e. The number of halogens is 3. The van der Waals surface area contributed by atoms with Gasteiger partial charge in [0.1, 0.15) is 6.54 Å². The minimum absolute atomic E-state index is 0.385. The highest BCUT2D eigenvalue weighted by Crippen LogP contribution is 2.30. The molecule has 0 atom stereocenters. The fourth-order valence-corrected chi connectivity index (χ4v) is 2.45. The number of aryl methyl sites for hydroxylation is 1. The van der Waals surface area contributed by atoms with Crippen molar-refractivity contribution in [3.05, 3.63) is 53.8 Å². The van der Waals surface area contributed by atoms with Gasteiger partial charge in [-0.25, -0.2) is 4.98 Å². The van der Waals surface area contributed by atoms with Crippen molar-refractivity contribution in [1.82, 2.24) is 9.55 Å². The summed E-state index contributed by atoms with van der Waals surface area (Å²) in [6.07, 6.45) is -0.371. The highest BCUT2D eigenvalue weighted by atomic mass is 19.4. The molecular formula is C15H12F3N3O. The number of hydrogen-bond acceptors (Lipinski definition) is 2. The molecule has 1 aromatic carbocycles. The van der Waals surface area contributed by atoms with E-state index in [4.69, 9.17) is 0 Å². The van der Waals surface area contributed by atoms with Gasteiger partial charge in [0.25, 0.3) is 0 Å². The minimum Gasteiger partial charge on any atom is -0.619 e. The quantitative estimate of drug-likeness (QED) is 0.539. The van der Waals surface area contributed by atoms with Crippen LogP contribution in [0.3, 0.4) is 0 Å². The lowest BCUT2D eigenvalue weighted by Gasteiger charge is -2.09. The molecule has 0 saturated carbocycles. The van der Waals surface area contributed by atoms with Gasteiger partial charge in [0.15, 0.2) is 12.4 Å². The lowest BCUT2D eigenvalue weighted by atomic mass is 10.0. The zero-order chi connectivity index (χ0) is 15.9. The molecule has 2 aromatic heterocycles. The first kappa shape index (κ1) is 14.4. The Morgan fingerprint density at radius 3 is 2.73 bits per heavy atom. The van der Waals surface area contributed by atoms with E-state index in [-0.39, 0.29) is 0 Å². The van der Waals surface area contributed by atoms with Gasteiger partial charge in [-0.15, -0.1) is 0 Å². The summed E-state index contributed by atoms with van der Waals surface area (Å²) in [6, 6.07) is 6.65. The maximum atomic E-state index is 12.6. The number of benzene rings is 1. The van der Waals surface area contributed by atoms with Crippen molar-refractivity contribution in [2.75, 3.05) is 0 Å². The van der Waals surface area contributed by atoms with Crippen molar-refractivity contribution in [1.29, 1.82) is 0 Å². The van der Waals surface area contributed by atoms with Crippen LogP contribution in [0.2, 0.25) is 0 Å². The monoisotopic (exact) mass is 307 g/mol. The van der Waals surface area contributed by atoms with Crippen molar-refractivity contribution < 1.29 is 17.9 Å². The number of hydrogen-bond donors (Lipinski definition) is 0. The Morgan fingerprint density at radius 1 is 1.23 bits per heavy atom. The van der Waals surface area contributed by atoms with Gasteiger partial charge in [-0.1, -0.05) is 12.1 Å². The molecule has 4 nitrogen and oxygen atoms in total. The summed E-state index contributed by atoms with van der Waals surface area (Å²) < 4.78 is 39.5. The molecule has 2 heterocycles. The molecule has 0 N–H and O–H groups in total. The fourth-order valence-electron chi connectivity index (χ4n) is 2.45. The highest BCUT2D eigenvalue weighted by Gasteiger charge is 2.28. The van der Waals surface area contributed by atoms with Crippen LogP contribution in [0, 0.1) is 12.1 Å². The van der Waals surface area contributed by atoms with Crippen LogP contribution < -0.4 is 4.73 Å². The summed E-state index contributed by atoms with van der Waals surface area (Å²) in [5.41, 5.74) is 2.98. The van der Waals surface area contributed by atoms with Crippen LogP contribution in [0.25, 0.3) is 22.2 Å². The number of alkyl halides is 3. The molecule has 0 aliphatic rings. The summed E-state index contributed by atoms with van der Waals surface area (Å²) in [5, 5.41) is 11.5. The maximum absolute atomic E-state index is 12.6. The molecule has 7 heteroatoms. The van der Waals surface area contributed by atoms with E-state index >= 15 is 0 Å². The summed E-state index contributed by atoms with van der Waals surface area (Å²) in [6.45, 7) is 0.739. The molecule has 0 bridgehead atoms. The number of fused-ring (bicyclic) bond motifs is 1. The van der Waals surface area contributed by atoms with Gasteiger partial charge >= 0.3 is 6.18 Å². The molecule has 0 fully saturated rings. The first-order chi connectivity index (χ1) is 10.3. The van der Waals surface area contributed by atoms with Crippen molar-refractivity contribution in [3.63, 3.8) is 0 Å². The molecule has 0 spiro atoms. The molecule has 0 unspecified atom stereocenters. The van der Waals surface area contributed by atoms with Crippen LogP contribution in [-0.2, 0) is 6.54 Å². The van der Waals surface area contributed by atoms with Gasteiger partial charge in [-0.2, -0.15) is 17.9 Å². The second-order valence-electron chi connectivity index (χ2n) is 5.06. The Hall–Kier alpha value is -2.57. The zero-order valence-corrected chi connectivity index (χ0v) is 11.6. The molecule has 114 valence electrons. The van der Waals surface area contributed by atoms with Crippen LogP contribution >= 0.6 is 0 Å². The molecule has 0 radical (unpaired) electrons. The molecule has 0 saturated heterocycles. The van der Waals surface area contributed by atoms with Gasteiger partial charge in [-0.05, 0) is 18.6 Å². The Balaban J connectivity index is 2.18. The molecule has 0 amide bonds. The Kier molecular flexibility index (Phi) is 3.27.